The van der Waals surface area contributed by atoms with E-state index in [2.05, 4.69) is 0 Å². The van der Waals surface area contributed by atoms with Crippen LogP contribution in [0.2, 0.25) is 0 Å². The zero-order valence-electron chi connectivity index (χ0n) is 3.15. The lowest BCUT2D eigenvalue weighted by Crippen LogP contribution is -1.39. The van der Waals surface area contributed by atoms with Gasteiger partial charge in [0, 0.05) is 0 Å². The van der Waals surface area contributed by atoms with Crippen molar-refractivity contribution in [2.45, 2.75) is 6.92 Å². The predicted octanol–water partition coefficient (Wildman–Crippen LogP) is 0.153. The summed E-state index contributed by atoms with van der Waals surface area (Å²) in [5, 5.41) is 0. The molecule has 22 valence electrons. The maximum Gasteiger partial charge on any atom is 0.129 e. The van der Waals surface area contributed by atoms with Crippen LogP contribution < -0.4 is 0 Å². The van der Waals surface area contributed by atoms with Crippen molar-refractivity contribution in [1.82, 2.24) is 0 Å². The normalized spacial score (nSPS) is 9.25. The molecule has 0 aliphatic heterocycles. The van der Waals surface area contributed by atoms with Crippen LogP contribution in [0, 0.1) is 0 Å². The van der Waals surface area contributed by atoms with Crippen molar-refractivity contribution in [2.75, 3.05) is 0 Å². The summed E-state index contributed by atoms with van der Waals surface area (Å²) in [5.41, 5.74) is 0. The van der Waals surface area contributed by atoms with E-state index in [1.807, 2.05) is 26.8 Å². The van der Waals surface area contributed by atoms with Crippen LogP contribution >= 0.6 is 0 Å². The molecular formula is C3H7B. The van der Waals surface area contributed by atoms with Crippen molar-refractivity contribution in [3.63, 3.8) is 0 Å². The van der Waals surface area contributed by atoms with Crippen LogP contribution in [0.1, 0.15) is 6.92 Å². The first-order valence-corrected chi connectivity index (χ1v) is 1.49. The van der Waals surface area contributed by atoms with E-state index in [1.165, 1.54) is 0 Å². The third-order valence-corrected chi connectivity index (χ3v) is 0.333. The van der Waals surface area contributed by atoms with Gasteiger partial charge in [0.15, 0.2) is 0 Å². The zero-order chi connectivity index (χ0) is 3.41. The zero-order valence-corrected chi connectivity index (χ0v) is 3.15. The van der Waals surface area contributed by atoms with E-state index in [1.54, 1.807) is 0 Å². The first kappa shape index (κ1) is 3.80. The molecule has 0 aliphatic carbocycles. The van der Waals surface area contributed by atoms with Crippen LogP contribution in [-0.4, -0.2) is 7.85 Å². The molecule has 0 aromatic carbocycles. The molecule has 0 rings (SSSR count). The van der Waals surface area contributed by atoms with Crippen LogP contribution in [-0.2, 0) is 0 Å². The third-order valence-electron chi connectivity index (χ3n) is 0.333. The minimum atomic E-state index is 2.00. The highest BCUT2D eigenvalue weighted by Gasteiger charge is 1.36. The van der Waals surface area contributed by atoms with E-state index < -0.39 is 0 Å². The Labute approximate surface area is 27.9 Å². The van der Waals surface area contributed by atoms with Crippen LogP contribution in [0.5, 0.6) is 0 Å². The summed E-state index contributed by atoms with van der Waals surface area (Å²) in [7, 11) is 2.00. The van der Waals surface area contributed by atoms with Crippen molar-refractivity contribution in [1.29, 1.82) is 0 Å². The van der Waals surface area contributed by atoms with Crippen molar-refractivity contribution >= 4 is 7.85 Å². The van der Waals surface area contributed by atoms with E-state index in [9.17, 15) is 0 Å². The highest BCUT2D eigenvalue weighted by atomic mass is 13.3. The topological polar surface area (TPSA) is 0 Å². The van der Waals surface area contributed by atoms with Crippen LogP contribution in [0.4, 0.5) is 0 Å². The lowest BCUT2D eigenvalue weighted by molar-refractivity contribution is 1.78. The van der Waals surface area contributed by atoms with Crippen LogP contribution in [0.15, 0.2) is 12.1 Å². The minimum Gasteiger partial charge on any atom is -0.128 e. The molecule has 0 N–H and O–H groups in total. The lowest BCUT2D eigenvalue weighted by Gasteiger charge is -1.48. The Kier molecular flexibility index (Phi) is 2.67. The van der Waals surface area contributed by atoms with Gasteiger partial charge in [0.05, 0.1) is 0 Å². The molecule has 0 atom stereocenters. The van der Waals surface area contributed by atoms with Gasteiger partial charge in [0.1, 0.15) is 7.85 Å². The van der Waals surface area contributed by atoms with Gasteiger partial charge in [0.2, 0.25) is 0 Å². The molecule has 4 heavy (non-hydrogen) atoms. The maximum atomic E-state index is 2.00. The quantitative estimate of drug-likeness (QED) is 0.345. The molecule has 0 spiro atoms. The Morgan fingerprint density at radius 2 is 2.00 bits per heavy atom. The van der Waals surface area contributed by atoms with Gasteiger partial charge in [-0.2, -0.15) is 0 Å². The molecule has 0 fully saturated rings. The molecule has 1 heteroatoms. The van der Waals surface area contributed by atoms with E-state index >= 15 is 0 Å². The van der Waals surface area contributed by atoms with Crippen molar-refractivity contribution in [2.24, 2.45) is 0 Å². The minimum absolute atomic E-state index is 2.00. The fourth-order valence-electron chi connectivity index (χ4n) is 0. The highest BCUT2D eigenvalue weighted by Crippen LogP contribution is 1.50. The van der Waals surface area contributed by atoms with Gasteiger partial charge in [-0.05, 0) is 6.92 Å². The summed E-state index contributed by atoms with van der Waals surface area (Å²) < 4.78 is 0. The van der Waals surface area contributed by atoms with E-state index in [-0.39, 0.29) is 0 Å². The fraction of sp³-hybridized carbons (Fsp3) is 0.333. The summed E-state index contributed by atoms with van der Waals surface area (Å²) in [5.74, 6) is 2.00. The van der Waals surface area contributed by atoms with Crippen LogP contribution in [0.3, 0.4) is 0 Å². The van der Waals surface area contributed by atoms with Crippen molar-refractivity contribution < 1.29 is 0 Å². The molecule has 0 nitrogen and oxygen atoms in total. The highest BCUT2D eigenvalue weighted by molar-refractivity contribution is 6.16. The summed E-state index contributed by atoms with van der Waals surface area (Å²) in [6, 6.07) is 0. The molecule has 0 aromatic rings. The van der Waals surface area contributed by atoms with Gasteiger partial charge in [-0.3, -0.25) is 0 Å². The molecular weight excluding hydrogens is 46.8 g/mol. The van der Waals surface area contributed by atoms with Crippen LogP contribution in [0.25, 0.3) is 0 Å². The molecule has 0 saturated heterocycles. The van der Waals surface area contributed by atoms with Gasteiger partial charge in [-0.1, -0.05) is 0 Å². The van der Waals surface area contributed by atoms with Gasteiger partial charge >= 0.3 is 0 Å². The first-order valence-electron chi connectivity index (χ1n) is 1.49. The molecule has 0 radical (unpaired) electrons. The fourth-order valence-corrected chi connectivity index (χ4v) is 0. The smallest absolute Gasteiger partial charge is 0.128 e. The average molecular weight is 53.9 g/mol. The Hall–Kier alpha value is -0.195. The Balaban J connectivity index is 2.55. The molecule has 0 unspecified atom stereocenters. The molecule has 0 aromatic heterocycles. The Morgan fingerprint density at radius 3 is 2.00 bits per heavy atom. The molecule has 0 bridgehead atoms. The first-order chi connectivity index (χ1) is 1.91. The molecule has 0 aliphatic rings. The summed E-state index contributed by atoms with van der Waals surface area (Å²) in [6.07, 6.45) is 2.00. The van der Waals surface area contributed by atoms with E-state index in [0.717, 1.165) is 0 Å². The number of hydrogen-bond donors (Lipinski definition) is 0. The van der Waals surface area contributed by atoms with Gasteiger partial charge in [0.25, 0.3) is 0 Å². The molecule has 0 saturated carbocycles. The van der Waals surface area contributed by atoms with Gasteiger partial charge < -0.3 is 0 Å². The SMILES string of the molecule is B/C=C\C. The predicted molar refractivity (Wildman–Crippen MR) is 23.4 cm³/mol. The standard InChI is InChI=1S/C3H7B/c1-2-3-4/h2-3H,4H2,1H3/b3-2-. The van der Waals surface area contributed by atoms with Gasteiger partial charge in [-0.25, -0.2) is 0 Å². The summed E-state index contributed by atoms with van der Waals surface area (Å²) in [4.78, 5) is 0. The van der Waals surface area contributed by atoms with E-state index in [4.69, 9.17) is 0 Å². The number of allylic oxidation sites excluding steroid dienone is 1. The third kappa shape index (κ3) is 1.80. The summed E-state index contributed by atoms with van der Waals surface area (Å²) in [6.45, 7) is 2.00. The second-order valence-electron chi connectivity index (χ2n) is 0.667. The van der Waals surface area contributed by atoms with Gasteiger partial charge in [-0.15, -0.1) is 12.1 Å². The number of hydrogen-bond acceptors (Lipinski definition) is 0. The number of rotatable bonds is 0. The molecule has 0 amide bonds. The average Bonchev–Trinajstić information content (AvgIpc) is 1.37. The lowest BCUT2D eigenvalue weighted by atomic mass is 10.1. The maximum absolute atomic E-state index is 2.00. The Bertz CT molecular complexity index is 18.5. The Morgan fingerprint density at radius 1 is 1.75 bits per heavy atom. The second kappa shape index (κ2) is 2.80. The van der Waals surface area contributed by atoms with Crippen molar-refractivity contribution in [3.05, 3.63) is 12.1 Å². The summed E-state index contributed by atoms with van der Waals surface area (Å²) >= 11 is 0. The van der Waals surface area contributed by atoms with E-state index in [0.29, 0.717) is 0 Å². The second-order valence-corrected chi connectivity index (χ2v) is 0.667. The molecule has 0 heterocycles. The largest absolute Gasteiger partial charge is 0.129 e. The van der Waals surface area contributed by atoms with Crippen molar-refractivity contribution in [3.8, 4) is 0 Å². The monoisotopic (exact) mass is 54.1 g/mol.